The van der Waals surface area contributed by atoms with Gasteiger partial charge in [0, 0.05) is 12.1 Å². The molecule has 0 rings (SSSR count). The Morgan fingerprint density at radius 3 is 2.09 bits per heavy atom. The zero-order valence-electron chi connectivity index (χ0n) is 8.09. The largest absolute Gasteiger partial charge is 0.395 e. The molecule has 0 heterocycles. The minimum Gasteiger partial charge on any atom is -0.395 e. The van der Waals surface area contributed by atoms with Gasteiger partial charge in [-0.05, 0) is 19.3 Å². The number of rotatable bonds is 5. The third-order valence-electron chi connectivity index (χ3n) is 2.11. The Morgan fingerprint density at radius 2 is 1.82 bits per heavy atom. The van der Waals surface area contributed by atoms with Crippen molar-refractivity contribution in [1.29, 1.82) is 0 Å². The third-order valence-corrected chi connectivity index (χ3v) is 2.11. The Labute approximate surface area is 70.0 Å². The molecule has 1 unspecified atom stereocenters. The summed E-state index contributed by atoms with van der Waals surface area (Å²) in [6, 6.07) is 0.763. The van der Waals surface area contributed by atoms with Gasteiger partial charge < -0.3 is 10.4 Å². The first kappa shape index (κ1) is 10.9. The Hall–Kier alpha value is -0.0800. The number of nitrogens with one attached hydrogen (secondary N) is 1. The highest BCUT2D eigenvalue weighted by molar-refractivity contribution is 4.72. The van der Waals surface area contributed by atoms with Crippen molar-refractivity contribution in [2.75, 3.05) is 6.61 Å². The molecule has 0 aromatic carbocycles. The van der Waals surface area contributed by atoms with E-state index in [9.17, 15) is 0 Å². The van der Waals surface area contributed by atoms with Gasteiger partial charge in [0.1, 0.15) is 0 Å². The monoisotopic (exact) mass is 159 g/mol. The maximum atomic E-state index is 8.98. The Morgan fingerprint density at radius 1 is 1.27 bits per heavy atom. The molecule has 11 heavy (non-hydrogen) atoms. The van der Waals surface area contributed by atoms with E-state index >= 15 is 0 Å². The van der Waals surface area contributed by atoms with Crippen LogP contribution < -0.4 is 5.32 Å². The first-order valence-corrected chi connectivity index (χ1v) is 4.48. The van der Waals surface area contributed by atoms with Crippen LogP contribution >= 0.6 is 0 Å². The highest BCUT2D eigenvalue weighted by atomic mass is 16.3. The molecular formula is C9H21NO. The second-order valence-electron chi connectivity index (χ2n) is 3.51. The smallest absolute Gasteiger partial charge is 0.0587 e. The van der Waals surface area contributed by atoms with Crippen LogP contribution in [0.5, 0.6) is 0 Å². The second-order valence-corrected chi connectivity index (χ2v) is 3.51. The highest BCUT2D eigenvalue weighted by Gasteiger charge is 2.12. The van der Waals surface area contributed by atoms with Crippen LogP contribution in [-0.2, 0) is 0 Å². The first-order chi connectivity index (χ1) is 5.11. The van der Waals surface area contributed by atoms with Crippen molar-refractivity contribution >= 4 is 0 Å². The van der Waals surface area contributed by atoms with E-state index in [0.717, 1.165) is 6.42 Å². The minimum absolute atomic E-state index is 0.238. The molecule has 0 amide bonds. The van der Waals surface area contributed by atoms with Gasteiger partial charge >= 0.3 is 0 Å². The molecule has 2 atom stereocenters. The van der Waals surface area contributed by atoms with Crippen LogP contribution in [0, 0.1) is 5.92 Å². The van der Waals surface area contributed by atoms with Crippen LogP contribution in [-0.4, -0.2) is 23.8 Å². The van der Waals surface area contributed by atoms with E-state index in [1.807, 2.05) is 0 Å². The molecule has 2 nitrogen and oxygen atoms in total. The third kappa shape index (κ3) is 4.38. The van der Waals surface area contributed by atoms with Crippen molar-refractivity contribution in [2.45, 2.75) is 46.2 Å². The van der Waals surface area contributed by atoms with Crippen LogP contribution in [0.25, 0.3) is 0 Å². The summed E-state index contributed by atoms with van der Waals surface area (Å²) in [5.41, 5.74) is 0. The quantitative estimate of drug-likeness (QED) is 0.635. The van der Waals surface area contributed by atoms with E-state index in [1.54, 1.807) is 0 Å². The summed E-state index contributed by atoms with van der Waals surface area (Å²) in [7, 11) is 0. The summed E-state index contributed by atoms with van der Waals surface area (Å²) in [5, 5.41) is 12.3. The van der Waals surface area contributed by atoms with Gasteiger partial charge in [-0.3, -0.25) is 0 Å². The lowest BCUT2D eigenvalue weighted by molar-refractivity contribution is 0.200. The van der Waals surface area contributed by atoms with Crippen molar-refractivity contribution in [3.05, 3.63) is 0 Å². The van der Waals surface area contributed by atoms with E-state index in [4.69, 9.17) is 5.11 Å². The van der Waals surface area contributed by atoms with Crippen LogP contribution in [0.15, 0.2) is 0 Å². The fourth-order valence-electron chi connectivity index (χ4n) is 0.939. The maximum absolute atomic E-state index is 8.98. The van der Waals surface area contributed by atoms with Crippen LogP contribution in [0.1, 0.15) is 34.1 Å². The molecular weight excluding hydrogens is 138 g/mol. The summed E-state index contributed by atoms with van der Waals surface area (Å²) >= 11 is 0. The first-order valence-electron chi connectivity index (χ1n) is 4.48. The molecule has 2 heteroatoms. The average Bonchev–Trinajstić information content (AvgIpc) is 1.99. The SMILES string of the molecule is CCC(C)N[C@H](CO)C(C)C. The van der Waals surface area contributed by atoms with Crippen molar-refractivity contribution in [1.82, 2.24) is 5.32 Å². The van der Waals surface area contributed by atoms with E-state index in [1.165, 1.54) is 0 Å². The molecule has 0 saturated carbocycles. The van der Waals surface area contributed by atoms with Gasteiger partial charge in [-0.1, -0.05) is 20.8 Å². The Kier molecular flexibility index (Phi) is 5.51. The zero-order valence-corrected chi connectivity index (χ0v) is 8.09. The molecule has 0 aliphatic heterocycles. The lowest BCUT2D eigenvalue weighted by Gasteiger charge is -2.23. The van der Waals surface area contributed by atoms with E-state index in [-0.39, 0.29) is 12.6 Å². The summed E-state index contributed by atoms with van der Waals surface area (Å²) in [5.74, 6) is 0.508. The van der Waals surface area contributed by atoms with Crippen molar-refractivity contribution < 1.29 is 5.11 Å². The van der Waals surface area contributed by atoms with Crippen LogP contribution in [0.3, 0.4) is 0 Å². The number of aliphatic hydroxyl groups excluding tert-OH is 1. The fraction of sp³-hybridized carbons (Fsp3) is 1.00. The number of aliphatic hydroxyl groups is 1. The van der Waals surface area contributed by atoms with Crippen molar-refractivity contribution in [2.24, 2.45) is 5.92 Å². The van der Waals surface area contributed by atoms with Gasteiger partial charge in [-0.2, -0.15) is 0 Å². The molecule has 2 N–H and O–H groups in total. The molecule has 0 aromatic rings. The van der Waals surface area contributed by atoms with Gasteiger partial charge in [-0.15, -0.1) is 0 Å². The zero-order chi connectivity index (χ0) is 8.85. The van der Waals surface area contributed by atoms with Gasteiger partial charge in [-0.25, -0.2) is 0 Å². The van der Waals surface area contributed by atoms with Gasteiger partial charge in [0.2, 0.25) is 0 Å². The molecule has 0 bridgehead atoms. The molecule has 0 fully saturated rings. The average molecular weight is 159 g/mol. The van der Waals surface area contributed by atoms with E-state index in [0.29, 0.717) is 12.0 Å². The predicted molar refractivity (Wildman–Crippen MR) is 48.6 cm³/mol. The summed E-state index contributed by atoms with van der Waals surface area (Å²) in [6.45, 7) is 8.77. The lowest BCUT2D eigenvalue weighted by atomic mass is 10.0. The molecule has 0 aliphatic carbocycles. The predicted octanol–water partition coefficient (Wildman–Crippen LogP) is 1.39. The Balaban J connectivity index is 3.68. The van der Waals surface area contributed by atoms with Crippen molar-refractivity contribution in [3.8, 4) is 0 Å². The van der Waals surface area contributed by atoms with E-state index in [2.05, 4.69) is 33.0 Å². The fourth-order valence-corrected chi connectivity index (χ4v) is 0.939. The summed E-state index contributed by atoms with van der Waals surface area (Å²) < 4.78 is 0. The second kappa shape index (κ2) is 5.56. The molecule has 0 aromatic heterocycles. The standard InChI is InChI=1S/C9H21NO/c1-5-8(4)10-9(6-11)7(2)3/h7-11H,5-6H2,1-4H3/t8?,9-/m1/s1. The minimum atomic E-state index is 0.238. The normalized spacial score (nSPS) is 16.9. The van der Waals surface area contributed by atoms with Crippen LogP contribution in [0.4, 0.5) is 0 Å². The van der Waals surface area contributed by atoms with Crippen molar-refractivity contribution in [3.63, 3.8) is 0 Å². The topological polar surface area (TPSA) is 32.3 Å². The van der Waals surface area contributed by atoms with E-state index < -0.39 is 0 Å². The lowest BCUT2D eigenvalue weighted by Crippen LogP contribution is -2.42. The molecule has 0 radical (unpaired) electrons. The number of hydrogen-bond acceptors (Lipinski definition) is 2. The molecule has 0 aliphatic rings. The molecule has 68 valence electrons. The Bertz CT molecular complexity index is 93.6. The van der Waals surface area contributed by atoms with Gasteiger partial charge in [0.15, 0.2) is 0 Å². The van der Waals surface area contributed by atoms with Crippen LogP contribution in [0.2, 0.25) is 0 Å². The summed E-state index contributed by atoms with van der Waals surface area (Å²) in [4.78, 5) is 0. The molecule has 0 spiro atoms. The molecule has 0 saturated heterocycles. The number of hydrogen-bond donors (Lipinski definition) is 2. The van der Waals surface area contributed by atoms with Gasteiger partial charge in [0.25, 0.3) is 0 Å². The maximum Gasteiger partial charge on any atom is 0.0587 e. The van der Waals surface area contributed by atoms with Gasteiger partial charge in [0.05, 0.1) is 6.61 Å². The highest BCUT2D eigenvalue weighted by Crippen LogP contribution is 2.02. The summed E-state index contributed by atoms with van der Waals surface area (Å²) in [6.07, 6.45) is 1.11.